The third kappa shape index (κ3) is 4.28. The van der Waals surface area contributed by atoms with E-state index >= 15 is 0 Å². The minimum atomic E-state index is -4.48. The van der Waals surface area contributed by atoms with E-state index in [0.29, 0.717) is 10.6 Å². The average molecular weight is 413 g/mol. The molecule has 0 atom stereocenters. The minimum Gasteiger partial charge on any atom is -0.507 e. The van der Waals surface area contributed by atoms with Crippen molar-refractivity contribution < 1.29 is 23.1 Å². The maximum absolute atomic E-state index is 12.8. The first-order chi connectivity index (χ1) is 12.6. The molecular weight excluding hydrogens is 401 g/mol. The van der Waals surface area contributed by atoms with Crippen molar-refractivity contribution in [2.75, 3.05) is 7.05 Å². The van der Waals surface area contributed by atoms with Crippen LogP contribution in [0.25, 0.3) is 6.08 Å². The zero-order chi connectivity index (χ0) is 19.8. The van der Waals surface area contributed by atoms with E-state index in [2.05, 4.69) is 4.99 Å². The number of carbonyl (C=O) groups excluding carboxylic acids is 1. The number of nitrogens with zero attached hydrogens (tertiary/aromatic N) is 2. The van der Waals surface area contributed by atoms with Crippen LogP contribution in [-0.2, 0) is 11.0 Å². The third-order valence-corrected chi connectivity index (χ3v) is 4.97. The van der Waals surface area contributed by atoms with Crippen molar-refractivity contribution in [1.82, 2.24) is 4.90 Å². The Morgan fingerprint density at radius 1 is 1.22 bits per heavy atom. The van der Waals surface area contributed by atoms with Gasteiger partial charge in [0.2, 0.25) is 0 Å². The fourth-order valence-electron chi connectivity index (χ4n) is 2.30. The zero-order valence-electron chi connectivity index (χ0n) is 13.8. The molecule has 0 bridgehead atoms. The van der Waals surface area contributed by atoms with Crippen LogP contribution in [0.3, 0.4) is 0 Å². The van der Waals surface area contributed by atoms with Crippen LogP contribution < -0.4 is 0 Å². The molecule has 1 aliphatic rings. The first-order valence-corrected chi connectivity index (χ1v) is 8.76. The van der Waals surface area contributed by atoms with Gasteiger partial charge in [-0.05, 0) is 54.2 Å². The number of aromatic hydroxyl groups is 1. The number of thioether (sulfide) groups is 1. The van der Waals surface area contributed by atoms with Crippen LogP contribution in [0.4, 0.5) is 18.9 Å². The molecule has 0 radical (unpaired) electrons. The van der Waals surface area contributed by atoms with Crippen molar-refractivity contribution in [3.63, 3.8) is 0 Å². The van der Waals surface area contributed by atoms with Crippen molar-refractivity contribution in [2.24, 2.45) is 4.99 Å². The Morgan fingerprint density at radius 3 is 2.67 bits per heavy atom. The summed E-state index contributed by atoms with van der Waals surface area (Å²) in [6.07, 6.45) is -3.02. The second-order valence-electron chi connectivity index (χ2n) is 5.62. The van der Waals surface area contributed by atoms with E-state index in [1.54, 1.807) is 0 Å². The molecule has 3 rings (SSSR count). The molecule has 4 nitrogen and oxygen atoms in total. The van der Waals surface area contributed by atoms with E-state index in [-0.39, 0.29) is 27.4 Å². The number of phenols is 1. The summed E-state index contributed by atoms with van der Waals surface area (Å²) in [5.74, 6) is -0.434. The van der Waals surface area contributed by atoms with Crippen LogP contribution in [0.15, 0.2) is 52.4 Å². The number of halogens is 4. The van der Waals surface area contributed by atoms with Gasteiger partial charge < -0.3 is 5.11 Å². The Balaban J connectivity index is 1.93. The Bertz CT molecular complexity index is 973. The van der Waals surface area contributed by atoms with Crippen molar-refractivity contribution >= 4 is 46.2 Å². The van der Waals surface area contributed by atoms with Crippen LogP contribution >= 0.6 is 23.4 Å². The van der Waals surface area contributed by atoms with Crippen molar-refractivity contribution in [3.05, 3.63) is 63.5 Å². The van der Waals surface area contributed by atoms with Crippen LogP contribution in [0, 0.1) is 0 Å². The van der Waals surface area contributed by atoms with E-state index in [4.69, 9.17) is 11.6 Å². The number of amides is 1. The molecule has 0 spiro atoms. The number of likely N-dealkylation sites (N-methyl/N-ethyl adjacent to an activating group) is 1. The molecule has 1 N–H and O–H groups in total. The summed E-state index contributed by atoms with van der Waals surface area (Å²) < 4.78 is 38.5. The summed E-state index contributed by atoms with van der Waals surface area (Å²) in [7, 11) is 1.47. The van der Waals surface area contributed by atoms with Crippen molar-refractivity contribution in [1.29, 1.82) is 0 Å². The molecular formula is C18H12ClF3N2O2S. The number of rotatable bonds is 2. The topological polar surface area (TPSA) is 52.9 Å². The molecule has 0 saturated carbocycles. The molecule has 140 valence electrons. The number of hydrogen-bond acceptors (Lipinski definition) is 4. The first-order valence-electron chi connectivity index (χ1n) is 7.57. The Morgan fingerprint density at radius 2 is 1.96 bits per heavy atom. The molecule has 0 aliphatic carbocycles. The van der Waals surface area contributed by atoms with E-state index in [9.17, 15) is 23.1 Å². The van der Waals surface area contributed by atoms with Gasteiger partial charge in [-0.15, -0.1) is 0 Å². The van der Waals surface area contributed by atoms with E-state index in [0.717, 1.165) is 23.9 Å². The molecule has 9 heteroatoms. The van der Waals surface area contributed by atoms with Crippen molar-refractivity contribution in [2.45, 2.75) is 6.18 Å². The van der Waals surface area contributed by atoms with Gasteiger partial charge in [-0.3, -0.25) is 9.69 Å². The monoisotopic (exact) mass is 412 g/mol. The number of aliphatic imine (C=N–C) groups is 1. The maximum Gasteiger partial charge on any atom is 0.416 e. The zero-order valence-corrected chi connectivity index (χ0v) is 15.4. The van der Waals surface area contributed by atoms with Gasteiger partial charge in [0.15, 0.2) is 5.17 Å². The minimum absolute atomic E-state index is 0.0498. The van der Waals surface area contributed by atoms with E-state index < -0.39 is 11.7 Å². The highest BCUT2D eigenvalue weighted by Gasteiger charge is 2.32. The lowest BCUT2D eigenvalue weighted by molar-refractivity contribution is -0.137. The standard InChI is InChI=1S/C18H12ClF3N2O2S/c1-24-16(26)15(8-10-7-12(19)5-6-14(10)25)27-17(24)23-13-4-2-3-11(9-13)18(20,21)22/h2-9,25H,1H3/b15-8-,23-17?. The first kappa shape index (κ1) is 19.3. The van der Waals surface area contributed by atoms with Crippen LogP contribution in [0.5, 0.6) is 5.75 Å². The Kier molecular flexibility index (Phi) is 5.21. The number of benzene rings is 2. The predicted molar refractivity (Wildman–Crippen MR) is 100.0 cm³/mol. The van der Waals surface area contributed by atoms with Gasteiger partial charge in [0.05, 0.1) is 16.2 Å². The lowest BCUT2D eigenvalue weighted by atomic mass is 10.2. The van der Waals surface area contributed by atoms with Gasteiger partial charge in [0, 0.05) is 17.6 Å². The van der Waals surface area contributed by atoms with Gasteiger partial charge in [0.25, 0.3) is 5.91 Å². The summed E-state index contributed by atoms with van der Waals surface area (Å²) in [5.41, 5.74) is -0.383. The van der Waals surface area contributed by atoms with Gasteiger partial charge in [-0.2, -0.15) is 13.2 Å². The fourth-order valence-corrected chi connectivity index (χ4v) is 3.45. The SMILES string of the molecule is CN1C(=O)/C(=C/c2cc(Cl)ccc2O)SC1=Nc1cccc(C(F)(F)F)c1. The number of amidine groups is 1. The summed E-state index contributed by atoms with van der Waals surface area (Å²) in [6.45, 7) is 0. The lowest BCUT2D eigenvalue weighted by Crippen LogP contribution is -2.23. The molecule has 27 heavy (non-hydrogen) atoms. The van der Waals surface area contributed by atoms with Gasteiger partial charge >= 0.3 is 6.18 Å². The lowest BCUT2D eigenvalue weighted by Gasteiger charge is -2.09. The van der Waals surface area contributed by atoms with Crippen LogP contribution in [0.1, 0.15) is 11.1 Å². The van der Waals surface area contributed by atoms with Gasteiger partial charge in [-0.1, -0.05) is 17.7 Å². The summed E-state index contributed by atoms with van der Waals surface area (Å²) in [5, 5.41) is 10.5. The second-order valence-corrected chi connectivity index (χ2v) is 7.07. The predicted octanol–water partition coefficient (Wildman–Crippen LogP) is 5.30. The van der Waals surface area contributed by atoms with Gasteiger partial charge in [0.1, 0.15) is 5.75 Å². The molecule has 1 heterocycles. The highest BCUT2D eigenvalue weighted by atomic mass is 35.5. The number of carbonyl (C=O) groups is 1. The summed E-state index contributed by atoms with van der Waals surface area (Å²) in [6, 6.07) is 8.95. The number of phenolic OH excluding ortho intramolecular Hbond substituents is 1. The molecule has 1 amide bonds. The fraction of sp³-hybridized carbons (Fsp3) is 0.111. The second kappa shape index (κ2) is 7.28. The summed E-state index contributed by atoms with van der Waals surface area (Å²) >= 11 is 6.89. The highest BCUT2D eigenvalue weighted by molar-refractivity contribution is 8.18. The Labute approximate surface area is 162 Å². The van der Waals surface area contributed by atoms with E-state index in [1.165, 1.54) is 48.4 Å². The Hall–Kier alpha value is -2.45. The van der Waals surface area contributed by atoms with E-state index in [1.807, 2.05) is 0 Å². The summed E-state index contributed by atoms with van der Waals surface area (Å²) in [4.78, 5) is 18.0. The van der Waals surface area contributed by atoms with Crippen molar-refractivity contribution in [3.8, 4) is 5.75 Å². The third-order valence-electron chi connectivity index (χ3n) is 3.68. The quantitative estimate of drug-likeness (QED) is 0.681. The smallest absolute Gasteiger partial charge is 0.416 e. The highest BCUT2D eigenvalue weighted by Crippen LogP contribution is 2.36. The van der Waals surface area contributed by atoms with Crippen LogP contribution in [-0.4, -0.2) is 28.1 Å². The number of alkyl halides is 3. The largest absolute Gasteiger partial charge is 0.507 e. The molecule has 1 aliphatic heterocycles. The molecule has 2 aromatic rings. The molecule has 0 aromatic heterocycles. The van der Waals surface area contributed by atoms with Gasteiger partial charge in [-0.25, -0.2) is 4.99 Å². The number of hydrogen-bond donors (Lipinski definition) is 1. The normalized spacial score (nSPS) is 18.0. The molecule has 1 fully saturated rings. The molecule has 2 aromatic carbocycles. The van der Waals surface area contributed by atoms with Crippen LogP contribution in [0.2, 0.25) is 5.02 Å². The average Bonchev–Trinajstić information content (AvgIpc) is 2.86. The molecule has 0 unspecified atom stereocenters. The maximum atomic E-state index is 12.8. The molecule has 1 saturated heterocycles.